The van der Waals surface area contributed by atoms with E-state index in [2.05, 4.69) is 33.5 Å². The van der Waals surface area contributed by atoms with Gasteiger partial charge in [-0.15, -0.1) is 11.3 Å². The van der Waals surface area contributed by atoms with E-state index in [9.17, 15) is 4.79 Å². The van der Waals surface area contributed by atoms with Gasteiger partial charge in [-0.05, 0) is 54.7 Å². The summed E-state index contributed by atoms with van der Waals surface area (Å²) in [6.07, 6.45) is 4.46. The molecule has 0 radical (unpaired) electrons. The summed E-state index contributed by atoms with van der Waals surface area (Å²) >= 11 is 3.08. The number of carbonyl (C=O) groups excluding carboxylic acids is 1. The van der Waals surface area contributed by atoms with Gasteiger partial charge in [0.1, 0.15) is 0 Å². The van der Waals surface area contributed by atoms with Crippen LogP contribution < -0.4 is 11.1 Å². The molecule has 27 heavy (non-hydrogen) atoms. The fourth-order valence-electron chi connectivity index (χ4n) is 2.62. The maximum atomic E-state index is 12.2. The average molecular weight is 399 g/mol. The zero-order valence-electron chi connectivity index (χ0n) is 15.3. The first kappa shape index (κ1) is 19.5. The van der Waals surface area contributed by atoms with Gasteiger partial charge in [0.15, 0.2) is 5.13 Å². The van der Waals surface area contributed by atoms with Gasteiger partial charge >= 0.3 is 0 Å². The fourth-order valence-corrected chi connectivity index (χ4v) is 3.83. The molecular weight excluding hydrogens is 376 g/mol. The van der Waals surface area contributed by atoms with Crippen molar-refractivity contribution in [2.75, 3.05) is 17.3 Å². The second-order valence-electron chi connectivity index (χ2n) is 6.18. The van der Waals surface area contributed by atoms with Crippen molar-refractivity contribution < 1.29 is 4.79 Å². The van der Waals surface area contributed by atoms with E-state index in [4.69, 9.17) is 5.73 Å². The number of amides is 1. The lowest BCUT2D eigenvalue weighted by Crippen LogP contribution is -2.36. The molecule has 1 aromatic carbocycles. The smallest absolute Gasteiger partial charge is 0.243 e. The number of anilines is 1. The Kier molecular flexibility index (Phi) is 6.60. The molecule has 3 N–H and O–H groups in total. The third kappa shape index (κ3) is 5.15. The molecule has 3 rings (SSSR count). The zero-order valence-corrected chi connectivity index (χ0v) is 16.9. The summed E-state index contributed by atoms with van der Waals surface area (Å²) in [5.41, 5.74) is 11.0. The molecule has 2 heterocycles. The maximum Gasteiger partial charge on any atom is 0.243 e. The van der Waals surface area contributed by atoms with Gasteiger partial charge < -0.3 is 11.1 Å². The van der Waals surface area contributed by atoms with Gasteiger partial charge in [-0.3, -0.25) is 9.78 Å². The summed E-state index contributed by atoms with van der Waals surface area (Å²) in [6, 6.07) is 11.7. The Bertz CT molecular complexity index is 926. The van der Waals surface area contributed by atoms with Crippen LogP contribution in [-0.2, 0) is 4.79 Å². The molecule has 3 aromatic rings. The predicted molar refractivity (Wildman–Crippen MR) is 115 cm³/mol. The molecule has 7 heteroatoms. The Morgan fingerprint density at radius 1 is 1.26 bits per heavy atom. The number of aryl methyl sites for hydroxylation is 1. The van der Waals surface area contributed by atoms with Crippen LogP contribution in [0.1, 0.15) is 12.1 Å². The summed E-state index contributed by atoms with van der Waals surface area (Å²) in [4.78, 5) is 20.9. The van der Waals surface area contributed by atoms with E-state index in [0.29, 0.717) is 11.6 Å². The van der Waals surface area contributed by atoms with Gasteiger partial charge in [0.2, 0.25) is 5.91 Å². The minimum Gasteiger partial charge on any atom is -0.320 e. The Balaban J connectivity index is 1.75. The monoisotopic (exact) mass is 398 g/mol. The number of aromatic nitrogens is 2. The first-order valence-electron chi connectivity index (χ1n) is 8.61. The number of rotatable bonds is 7. The highest BCUT2D eigenvalue weighted by Crippen LogP contribution is 2.29. The van der Waals surface area contributed by atoms with Crippen molar-refractivity contribution in [3.05, 3.63) is 53.7 Å². The Morgan fingerprint density at radius 2 is 2.04 bits per heavy atom. The maximum absolute atomic E-state index is 12.2. The van der Waals surface area contributed by atoms with Crippen molar-refractivity contribution in [1.82, 2.24) is 9.97 Å². The van der Waals surface area contributed by atoms with Crippen molar-refractivity contribution in [2.45, 2.75) is 19.4 Å². The quantitative estimate of drug-likeness (QED) is 0.623. The zero-order chi connectivity index (χ0) is 19.2. The summed E-state index contributed by atoms with van der Waals surface area (Å²) < 4.78 is 0. The van der Waals surface area contributed by atoms with E-state index in [0.717, 1.165) is 33.8 Å². The topological polar surface area (TPSA) is 80.9 Å². The average Bonchev–Trinajstić information content (AvgIpc) is 3.14. The normalized spacial score (nSPS) is 12.0. The number of nitrogens with one attached hydrogen (secondary N) is 1. The Hall–Kier alpha value is -2.22. The van der Waals surface area contributed by atoms with E-state index < -0.39 is 6.04 Å². The summed E-state index contributed by atoms with van der Waals surface area (Å²) in [5.74, 6) is 0.671. The molecule has 5 nitrogen and oxygen atoms in total. The third-order valence-electron chi connectivity index (χ3n) is 4.09. The first-order valence-corrected chi connectivity index (χ1v) is 10.9. The van der Waals surface area contributed by atoms with Crippen LogP contribution in [0.15, 0.2) is 48.0 Å². The molecule has 0 bridgehead atoms. The number of thiazole rings is 1. The van der Waals surface area contributed by atoms with E-state index in [1.807, 2.05) is 43.0 Å². The highest BCUT2D eigenvalue weighted by atomic mass is 32.2. The summed E-state index contributed by atoms with van der Waals surface area (Å²) in [7, 11) is 0. The van der Waals surface area contributed by atoms with Crippen LogP contribution in [-0.4, -0.2) is 33.9 Å². The van der Waals surface area contributed by atoms with Gasteiger partial charge in [-0.2, -0.15) is 11.8 Å². The Labute approximate surface area is 167 Å². The summed E-state index contributed by atoms with van der Waals surface area (Å²) in [5, 5.41) is 5.33. The van der Waals surface area contributed by atoms with E-state index in [1.165, 1.54) is 11.3 Å². The van der Waals surface area contributed by atoms with Crippen LogP contribution >= 0.6 is 23.1 Å². The molecule has 0 fully saturated rings. The number of pyridine rings is 1. The molecular formula is C20H22N4OS2. The van der Waals surface area contributed by atoms with E-state index in [-0.39, 0.29) is 5.91 Å². The molecule has 0 aliphatic carbocycles. The largest absolute Gasteiger partial charge is 0.320 e. The molecule has 0 saturated carbocycles. The van der Waals surface area contributed by atoms with Crippen LogP contribution in [0.4, 0.5) is 5.13 Å². The Morgan fingerprint density at radius 3 is 2.81 bits per heavy atom. The lowest BCUT2D eigenvalue weighted by atomic mass is 10.0. The first-order chi connectivity index (χ1) is 13.1. The molecule has 0 aliphatic rings. The van der Waals surface area contributed by atoms with Gasteiger partial charge in [0, 0.05) is 22.8 Å². The second-order valence-corrected chi connectivity index (χ2v) is 8.03. The molecule has 1 atom stereocenters. The summed E-state index contributed by atoms with van der Waals surface area (Å²) in [6.45, 7) is 1.98. The lowest BCUT2D eigenvalue weighted by Gasteiger charge is -2.09. The third-order valence-corrected chi connectivity index (χ3v) is 5.49. The van der Waals surface area contributed by atoms with Crippen molar-refractivity contribution in [1.29, 1.82) is 0 Å². The van der Waals surface area contributed by atoms with Crippen LogP contribution in [0.3, 0.4) is 0 Å². The van der Waals surface area contributed by atoms with Crippen LogP contribution in [0, 0.1) is 6.92 Å². The standard InChI is InChI=1S/C20H22N4OS2/c1-13-10-15(6-8-22-13)14-4-3-5-16(11-14)18-12-27-20(23-18)24-19(25)17(21)7-9-26-2/h3-6,8,10-12,17H,7,9,21H2,1-2H3,(H,23,24,25)/t17-/m0/s1. The van der Waals surface area contributed by atoms with Crippen LogP contribution in [0.5, 0.6) is 0 Å². The fraction of sp³-hybridized carbons (Fsp3) is 0.250. The van der Waals surface area contributed by atoms with Crippen molar-refractivity contribution in [2.24, 2.45) is 5.73 Å². The highest BCUT2D eigenvalue weighted by Gasteiger charge is 2.15. The number of carbonyl (C=O) groups is 1. The van der Waals surface area contributed by atoms with Gasteiger partial charge in [0.25, 0.3) is 0 Å². The van der Waals surface area contributed by atoms with Gasteiger partial charge in [-0.1, -0.05) is 18.2 Å². The minimum absolute atomic E-state index is 0.189. The molecule has 1 amide bonds. The SMILES string of the molecule is CSCC[C@H](N)C(=O)Nc1nc(-c2cccc(-c3ccnc(C)c3)c2)cs1. The molecule has 0 spiro atoms. The number of hydrogen-bond donors (Lipinski definition) is 2. The molecule has 140 valence electrons. The molecule has 0 saturated heterocycles. The van der Waals surface area contributed by atoms with Crippen molar-refractivity contribution in [3.63, 3.8) is 0 Å². The number of nitrogens with zero attached hydrogens (tertiary/aromatic N) is 2. The van der Waals surface area contributed by atoms with Crippen LogP contribution in [0.2, 0.25) is 0 Å². The number of benzene rings is 1. The highest BCUT2D eigenvalue weighted by molar-refractivity contribution is 7.98. The van der Waals surface area contributed by atoms with E-state index >= 15 is 0 Å². The van der Waals surface area contributed by atoms with E-state index in [1.54, 1.807) is 11.8 Å². The molecule has 2 aromatic heterocycles. The predicted octanol–water partition coefficient (Wildman–Crippen LogP) is 4.20. The molecule has 0 unspecified atom stereocenters. The van der Waals surface area contributed by atoms with Gasteiger partial charge in [0.05, 0.1) is 11.7 Å². The lowest BCUT2D eigenvalue weighted by molar-refractivity contribution is -0.117. The second kappa shape index (κ2) is 9.12. The minimum atomic E-state index is -0.511. The van der Waals surface area contributed by atoms with Crippen LogP contribution in [0.25, 0.3) is 22.4 Å². The van der Waals surface area contributed by atoms with Crippen molar-refractivity contribution in [3.8, 4) is 22.4 Å². The number of thioether (sulfide) groups is 1. The number of hydrogen-bond acceptors (Lipinski definition) is 6. The number of nitrogens with two attached hydrogens (primary N) is 1. The van der Waals surface area contributed by atoms with Gasteiger partial charge in [-0.25, -0.2) is 4.98 Å². The van der Waals surface area contributed by atoms with Crippen molar-refractivity contribution >= 4 is 34.1 Å². The molecule has 0 aliphatic heterocycles.